The van der Waals surface area contributed by atoms with E-state index in [-0.39, 0.29) is 29.3 Å². The molecule has 5 aliphatic carbocycles. The summed E-state index contributed by atoms with van der Waals surface area (Å²) in [6.45, 7) is 0. The summed E-state index contributed by atoms with van der Waals surface area (Å²) >= 11 is 0. The first-order valence-electron chi connectivity index (χ1n) is 11.0. The number of piperidine rings is 1. The lowest BCUT2D eigenvalue weighted by atomic mass is 9.44. The molecule has 1 aromatic rings. The number of likely N-dealkylation sites (tertiary alicyclic amines) is 1. The lowest BCUT2D eigenvalue weighted by molar-refractivity contribution is -0.178. The van der Waals surface area contributed by atoms with Crippen LogP contribution >= 0.6 is 0 Å². The van der Waals surface area contributed by atoms with E-state index in [1.807, 2.05) is 23.1 Å². The van der Waals surface area contributed by atoms with E-state index in [0.29, 0.717) is 17.8 Å². The summed E-state index contributed by atoms with van der Waals surface area (Å²) in [5.74, 6) is 1.56. The van der Waals surface area contributed by atoms with E-state index >= 15 is 0 Å². The number of rotatable bonds is 3. The second-order valence-electron chi connectivity index (χ2n) is 10.6. The SMILES string of the molecule is N#C[C@@H]1C[C@@H]2C[C@@H]2N1C(=O)[C@@H](c1ccccc1)C12CC3CC(CC(O)(C3)C1)C2. The lowest BCUT2D eigenvalue weighted by Crippen LogP contribution is -2.59. The van der Waals surface area contributed by atoms with Crippen LogP contribution in [0.2, 0.25) is 0 Å². The number of carbonyl (C=O) groups excluding carboxylic acids is 1. The predicted octanol–water partition coefficient (Wildman–Crippen LogP) is 3.61. The minimum absolute atomic E-state index is 0.149. The van der Waals surface area contributed by atoms with Gasteiger partial charge in [-0.25, -0.2) is 0 Å². The standard InChI is InChI=1S/C24H28N2O2/c25-13-19-7-18-8-20(18)26(19)22(27)21(17-4-2-1-3-5-17)23-9-15-6-16(10-23)12-24(28,11-15)14-23/h1-5,15-16,18-21,28H,6-12,14H2/t15?,16?,18-,19+,20+,21-,23?,24?/m1/s1. The van der Waals surface area contributed by atoms with Gasteiger partial charge in [-0.15, -0.1) is 0 Å². The van der Waals surface area contributed by atoms with Crippen molar-refractivity contribution in [3.8, 4) is 6.07 Å². The minimum atomic E-state index is -0.584. The molecule has 28 heavy (non-hydrogen) atoms. The molecule has 146 valence electrons. The van der Waals surface area contributed by atoms with Crippen LogP contribution < -0.4 is 0 Å². The average molecular weight is 377 g/mol. The van der Waals surface area contributed by atoms with Crippen LogP contribution in [0.1, 0.15) is 62.8 Å². The van der Waals surface area contributed by atoms with Crippen molar-refractivity contribution >= 4 is 5.91 Å². The highest BCUT2D eigenvalue weighted by Gasteiger charge is 2.63. The number of amides is 1. The maximum atomic E-state index is 14.1. The van der Waals surface area contributed by atoms with E-state index in [0.717, 1.165) is 50.5 Å². The van der Waals surface area contributed by atoms with E-state index in [9.17, 15) is 15.2 Å². The van der Waals surface area contributed by atoms with Crippen molar-refractivity contribution < 1.29 is 9.90 Å². The Bertz CT molecular complexity index is 845. The Morgan fingerprint density at radius 1 is 1.11 bits per heavy atom. The molecule has 4 nitrogen and oxygen atoms in total. The third-order valence-corrected chi connectivity index (χ3v) is 8.58. The maximum absolute atomic E-state index is 14.1. The summed E-state index contributed by atoms with van der Waals surface area (Å²) in [4.78, 5) is 16.0. The molecule has 0 aromatic heterocycles. The maximum Gasteiger partial charge on any atom is 0.232 e. The molecule has 1 saturated heterocycles. The van der Waals surface area contributed by atoms with Crippen molar-refractivity contribution in [1.82, 2.24) is 4.90 Å². The van der Waals surface area contributed by atoms with Gasteiger partial charge in [0, 0.05) is 6.04 Å². The van der Waals surface area contributed by atoms with Crippen molar-refractivity contribution in [3.05, 3.63) is 35.9 Å². The first-order chi connectivity index (χ1) is 13.5. The van der Waals surface area contributed by atoms with Crippen LogP contribution in [-0.4, -0.2) is 33.6 Å². The molecule has 1 N–H and O–H groups in total. The average Bonchev–Trinajstić information content (AvgIpc) is 3.30. The monoisotopic (exact) mass is 376 g/mol. The van der Waals surface area contributed by atoms with Crippen LogP contribution in [0.15, 0.2) is 30.3 Å². The van der Waals surface area contributed by atoms with E-state index in [1.54, 1.807) is 0 Å². The van der Waals surface area contributed by atoms with Crippen LogP contribution in [0, 0.1) is 34.5 Å². The van der Waals surface area contributed by atoms with Gasteiger partial charge in [0.25, 0.3) is 0 Å². The molecule has 0 spiro atoms. The molecule has 4 heteroatoms. The summed E-state index contributed by atoms with van der Waals surface area (Å²) in [5, 5.41) is 21.0. The summed E-state index contributed by atoms with van der Waals surface area (Å²) in [5.41, 5.74) is 0.350. The molecule has 6 atom stereocenters. The van der Waals surface area contributed by atoms with Gasteiger partial charge in [-0.2, -0.15) is 5.26 Å². The van der Waals surface area contributed by atoms with Crippen molar-refractivity contribution in [1.29, 1.82) is 5.26 Å². The van der Waals surface area contributed by atoms with Gasteiger partial charge in [0.2, 0.25) is 5.91 Å². The number of hydrogen-bond donors (Lipinski definition) is 1. The number of aliphatic hydroxyl groups is 1. The third kappa shape index (κ3) is 2.35. The molecule has 1 aliphatic heterocycles. The van der Waals surface area contributed by atoms with Gasteiger partial charge >= 0.3 is 0 Å². The fourth-order valence-corrected chi connectivity index (χ4v) is 8.06. The molecule has 1 amide bonds. The molecule has 4 bridgehead atoms. The smallest absolute Gasteiger partial charge is 0.232 e. The zero-order valence-corrected chi connectivity index (χ0v) is 16.3. The van der Waals surface area contributed by atoms with E-state index in [2.05, 4.69) is 18.2 Å². The number of benzene rings is 1. The fourth-order valence-electron chi connectivity index (χ4n) is 8.06. The Morgan fingerprint density at radius 2 is 1.82 bits per heavy atom. The Hall–Kier alpha value is -1.86. The van der Waals surface area contributed by atoms with Crippen molar-refractivity contribution in [2.24, 2.45) is 23.2 Å². The number of nitrogens with zero attached hydrogens (tertiary/aromatic N) is 2. The Kier molecular flexibility index (Phi) is 3.41. The Morgan fingerprint density at radius 3 is 2.46 bits per heavy atom. The molecular weight excluding hydrogens is 348 g/mol. The molecule has 2 unspecified atom stereocenters. The molecule has 0 radical (unpaired) electrons. The molecular formula is C24H28N2O2. The molecule has 6 fully saturated rings. The normalized spacial score (nSPS) is 46.1. The Labute approximate surface area is 166 Å². The predicted molar refractivity (Wildman–Crippen MR) is 104 cm³/mol. The summed E-state index contributed by atoms with van der Waals surface area (Å²) in [6.07, 6.45) is 7.80. The van der Waals surface area contributed by atoms with Crippen molar-refractivity contribution in [3.63, 3.8) is 0 Å². The van der Waals surface area contributed by atoms with E-state index in [1.165, 1.54) is 6.42 Å². The van der Waals surface area contributed by atoms with Crippen LogP contribution in [0.25, 0.3) is 0 Å². The quantitative estimate of drug-likeness (QED) is 0.876. The third-order valence-electron chi connectivity index (χ3n) is 8.58. The zero-order chi connectivity index (χ0) is 19.1. The summed E-state index contributed by atoms with van der Waals surface area (Å²) < 4.78 is 0. The summed E-state index contributed by atoms with van der Waals surface area (Å²) in [7, 11) is 0. The highest BCUT2D eigenvalue weighted by atomic mass is 16.3. The van der Waals surface area contributed by atoms with Crippen LogP contribution in [0.5, 0.6) is 0 Å². The molecule has 7 rings (SSSR count). The molecule has 5 saturated carbocycles. The second-order valence-corrected chi connectivity index (χ2v) is 10.6. The molecule has 6 aliphatic rings. The number of hydrogen-bond acceptors (Lipinski definition) is 3. The van der Waals surface area contributed by atoms with Crippen LogP contribution in [0.4, 0.5) is 0 Å². The fraction of sp³-hybridized carbons (Fsp3) is 0.667. The van der Waals surface area contributed by atoms with Gasteiger partial charge in [0.05, 0.1) is 17.6 Å². The number of carbonyl (C=O) groups is 1. The second kappa shape index (κ2) is 5.60. The van der Waals surface area contributed by atoms with Gasteiger partial charge in [0.1, 0.15) is 6.04 Å². The molecule has 1 heterocycles. The number of nitriles is 1. The van der Waals surface area contributed by atoms with Crippen LogP contribution in [0.3, 0.4) is 0 Å². The topological polar surface area (TPSA) is 64.3 Å². The van der Waals surface area contributed by atoms with Gasteiger partial charge < -0.3 is 10.0 Å². The van der Waals surface area contributed by atoms with Gasteiger partial charge in [-0.05, 0) is 80.1 Å². The Balaban J connectivity index is 1.44. The molecule has 1 aromatic carbocycles. The largest absolute Gasteiger partial charge is 0.390 e. The van der Waals surface area contributed by atoms with Crippen molar-refractivity contribution in [2.45, 2.75) is 75.0 Å². The highest BCUT2D eigenvalue weighted by molar-refractivity contribution is 5.86. The zero-order valence-electron chi connectivity index (χ0n) is 16.3. The number of fused-ring (bicyclic) bond motifs is 1. The first-order valence-corrected chi connectivity index (χ1v) is 11.0. The minimum Gasteiger partial charge on any atom is -0.390 e. The van der Waals surface area contributed by atoms with Gasteiger partial charge in [-0.1, -0.05) is 30.3 Å². The first kappa shape index (κ1) is 17.0. The van der Waals surface area contributed by atoms with Crippen molar-refractivity contribution in [2.75, 3.05) is 0 Å². The van der Waals surface area contributed by atoms with Gasteiger partial charge in [-0.3, -0.25) is 4.79 Å². The van der Waals surface area contributed by atoms with Crippen LogP contribution in [-0.2, 0) is 4.79 Å². The van der Waals surface area contributed by atoms with E-state index < -0.39 is 5.60 Å². The lowest BCUT2D eigenvalue weighted by Gasteiger charge is -2.62. The van der Waals surface area contributed by atoms with Gasteiger partial charge in [0.15, 0.2) is 0 Å². The van der Waals surface area contributed by atoms with E-state index in [4.69, 9.17) is 0 Å². The summed E-state index contributed by atoms with van der Waals surface area (Å²) in [6, 6.07) is 12.6. The highest BCUT2D eigenvalue weighted by Crippen LogP contribution is 2.66.